The van der Waals surface area contributed by atoms with E-state index in [4.69, 9.17) is 13.4 Å². The first-order valence-corrected chi connectivity index (χ1v) is 6.09. The average molecular weight is 272 g/mol. The average Bonchev–Trinajstić information content (AvgIpc) is 3.19. The van der Waals surface area contributed by atoms with Gasteiger partial charge in [-0.2, -0.15) is 0 Å². The standard InChI is InChI=1S/C14H12N2O4/c1-9(11-4-2-6-18-11)15-14(17)10-8-13(20-16-10)12-5-3-7-19-12/h2-9H,1H3,(H,15,17). The Hall–Kier alpha value is -2.76. The van der Waals surface area contributed by atoms with Crippen LogP contribution in [0.2, 0.25) is 0 Å². The van der Waals surface area contributed by atoms with Crippen LogP contribution < -0.4 is 5.32 Å². The molecule has 1 unspecified atom stereocenters. The van der Waals surface area contributed by atoms with Gasteiger partial charge in [-0.05, 0) is 31.2 Å². The highest BCUT2D eigenvalue weighted by Crippen LogP contribution is 2.21. The van der Waals surface area contributed by atoms with E-state index in [0.717, 1.165) is 0 Å². The number of nitrogens with zero attached hydrogens (tertiary/aromatic N) is 1. The van der Waals surface area contributed by atoms with Gasteiger partial charge < -0.3 is 18.7 Å². The minimum atomic E-state index is -0.338. The fourth-order valence-electron chi connectivity index (χ4n) is 1.80. The Labute approximate surface area is 114 Å². The van der Waals surface area contributed by atoms with Crippen LogP contribution in [0.15, 0.2) is 56.2 Å². The van der Waals surface area contributed by atoms with Crippen LogP contribution in [0, 0.1) is 0 Å². The molecule has 3 aromatic heterocycles. The van der Waals surface area contributed by atoms with Crippen molar-refractivity contribution in [1.82, 2.24) is 10.5 Å². The zero-order valence-electron chi connectivity index (χ0n) is 10.7. The van der Waals surface area contributed by atoms with Crippen molar-refractivity contribution >= 4 is 5.91 Å². The molecule has 0 aliphatic heterocycles. The molecular formula is C14H12N2O4. The number of nitrogens with one attached hydrogen (secondary N) is 1. The third-order valence-electron chi connectivity index (χ3n) is 2.82. The van der Waals surface area contributed by atoms with Crippen molar-refractivity contribution in [2.75, 3.05) is 0 Å². The SMILES string of the molecule is CC(NC(=O)c1cc(-c2ccco2)on1)c1ccco1. The molecule has 3 aromatic rings. The van der Waals surface area contributed by atoms with E-state index < -0.39 is 0 Å². The van der Waals surface area contributed by atoms with Gasteiger partial charge in [0, 0.05) is 6.07 Å². The number of carbonyl (C=O) groups excluding carboxylic acids is 1. The van der Waals surface area contributed by atoms with E-state index in [1.54, 1.807) is 30.5 Å². The molecule has 3 rings (SSSR count). The van der Waals surface area contributed by atoms with Crippen LogP contribution in [0.25, 0.3) is 11.5 Å². The van der Waals surface area contributed by atoms with Gasteiger partial charge in [-0.15, -0.1) is 0 Å². The third-order valence-corrected chi connectivity index (χ3v) is 2.82. The molecule has 102 valence electrons. The summed E-state index contributed by atoms with van der Waals surface area (Å²) in [7, 11) is 0. The summed E-state index contributed by atoms with van der Waals surface area (Å²) in [6, 6.07) is 8.31. The number of amides is 1. The Kier molecular flexibility index (Phi) is 3.12. The molecule has 1 N–H and O–H groups in total. The third kappa shape index (κ3) is 2.35. The Morgan fingerprint density at radius 1 is 1.20 bits per heavy atom. The molecule has 0 aromatic carbocycles. The number of hydrogen-bond donors (Lipinski definition) is 1. The summed E-state index contributed by atoms with van der Waals surface area (Å²) < 4.78 is 15.5. The monoisotopic (exact) mass is 272 g/mol. The first-order chi connectivity index (χ1) is 9.74. The van der Waals surface area contributed by atoms with Crippen LogP contribution in [-0.4, -0.2) is 11.1 Å². The maximum absolute atomic E-state index is 12.0. The van der Waals surface area contributed by atoms with E-state index in [9.17, 15) is 4.79 Å². The van der Waals surface area contributed by atoms with Crippen molar-refractivity contribution in [3.63, 3.8) is 0 Å². The summed E-state index contributed by atoms with van der Waals surface area (Å²) in [6.07, 6.45) is 3.08. The van der Waals surface area contributed by atoms with Crippen LogP contribution in [0.5, 0.6) is 0 Å². The van der Waals surface area contributed by atoms with Gasteiger partial charge in [-0.25, -0.2) is 0 Å². The fourth-order valence-corrected chi connectivity index (χ4v) is 1.80. The Balaban J connectivity index is 1.72. The molecule has 0 saturated heterocycles. The first kappa shape index (κ1) is 12.3. The molecule has 0 bridgehead atoms. The van der Waals surface area contributed by atoms with Crippen molar-refractivity contribution in [3.05, 3.63) is 54.3 Å². The molecule has 0 aliphatic carbocycles. The van der Waals surface area contributed by atoms with E-state index in [-0.39, 0.29) is 17.6 Å². The van der Waals surface area contributed by atoms with Crippen molar-refractivity contribution < 1.29 is 18.2 Å². The van der Waals surface area contributed by atoms with E-state index in [2.05, 4.69) is 10.5 Å². The van der Waals surface area contributed by atoms with Gasteiger partial charge in [-0.3, -0.25) is 4.79 Å². The van der Waals surface area contributed by atoms with Crippen molar-refractivity contribution in [3.8, 4) is 11.5 Å². The molecule has 0 radical (unpaired) electrons. The van der Waals surface area contributed by atoms with Gasteiger partial charge in [0.05, 0.1) is 18.6 Å². The smallest absolute Gasteiger partial charge is 0.274 e. The van der Waals surface area contributed by atoms with Crippen LogP contribution in [0.4, 0.5) is 0 Å². The number of aromatic nitrogens is 1. The predicted molar refractivity (Wildman–Crippen MR) is 68.8 cm³/mol. The summed E-state index contributed by atoms with van der Waals surface area (Å²) in [5.41, 5.74) is 0.190. The van der Waals surface area contributed by atoms with Crippen LogP contribution in [0.1, 0.15) is 29.2 Å². The highest BCUT2D eigenvalue weighted by Gasteiger charge is 2.18. The zero-order chi connectivity index (χ0) is 13.9. The van der Waals surface area contributed by atoms with Gasteiger partial charge in [-0.1, -0.05) is 5.16 Å². The van der Waals surface area contributed by atoms with Gasteiger partial charge in [0.1, 0.15) is 5.76 Å². The summed E-state index contributed by atoms with van der Waals surface area (Å²) in [5, 5.41) is 6.50. The van der Waals surface area contributed by atoms with Crippen LogP contribution in [-0.2, 0) is 0 Å². The van der Waals surface area contributed by atoms with E-state index in [1.807, 2.05) is 6.92 Å². The minimum Gasteiger partial charge on any atom is -0.467 e. The molecule has 6 heteroatoms. The van der Waals surface area contributed by atoms with Crippen molar-refractivity contribution in [2.24, 2.45) is 0 Å². The maximum atomic E-state index is 12.0. The lowest BCUT2D eigenvalue weighted by Crippen LogP contribution is -2.26. The van der Waals surface area contributed by atoms with E-state index >= 15 is 0 Å². The summed E-state index contributed by atoms with van der Waals surface area (Å²) >= 11 is 0. The second kappa shape index (κ2) is 5.08. The molecule has 3 heterocycles. The Morgan fingerprint density at radius 3 is 2.70 bits per heavy atom. The topological polar surface area (TPSA) is 81.4 Å². The van der Waals surface area contributed by atoms with Crippen molar-refractivity contribution in [1.29, 1.82) is 0 Å². The molecule has 0 spiro atoms. The lowest BCUT2D eigenvalue weighted by atomic mass is 10.2. The molecule has 6 nitrogen and oxygen atoms in total. The largest absolute Gasteiger partial charge is 0.467 e. The van der Waals surface area contributed by atoms with Crippen LogP contribution >= 0.6 is 0 Å². The molecule has 1 atom stereocenters. The van der Waals surface area contributed by atoms with Gasteiger partial charge in [0.15, 0.2) is 11.5 Å². The number of carbonyl (C=O) groups is 1. The lowest BCUT2D eigenvalue weighted by molar-refractivity contribution is 0.0926. The number of hydrogen-bond acceptors (Lipinski definition) is 5. The minimum absolute atomic E-state index is 0.190. The fraction of sp³-hybridized carbons (Fsp3) is 0.143. The zero-order valence-corrected chi connectivity index (χ0v) is 10.7. The summed E-state index contributed by atoms with van der Waals surface area (Å²) in [4.78, 5) is 12.0. The van der Waals surface area contributed by atoms with E-state index in [1.165, 1.54) is 12.3 Å². The van der Waals surface area contributed by atoms with Gasteiger partial charge in [0.25, 0.3) is 5.91 Å². The highest BCUT2D eigenvalue weighted by atomic mass is 16.5. The summed E-state index contributed by atoms with van der Waals surface area (Å²) in [5.74, 6) is 1.27. The first-order valence-electron chi connectivity index (χ1n) is 6.09. The Bertz CT molecular complexity index is 683. The predicted octanol–water partition coefficient (Wildman–Crippen LogP) is 3.02. The maximum Gasteiger partial charge on any atom is 0.274 e. The molecule has 0 saturated carbocycles. The molecule has 0 aliphatic rings. The van der Waals surface area contributed by atoms with Gasteiger partial charge >= 0.3 is 0 Å². The van der Waals surface area contributed by atoms with Crippen LogP contribution in [0.3, 0.4) is 0 Å². The summed E-state index contributed by atoms with van der Waals surface area (Å²) in [6.45, 7) is 1.82. The van der Waals surface area contributed by atoms with Gasteiger partial charge in [0.2, 0.25) is 5.76 Å². The second-order valence-electron chi connectivity index (χ2n) is 4.26. The van der Waals surface area contributed by atoms with E-state index in [0.29, 0.717) is 17.3 Å². The molecule has 1 amide bonds. The second-order valence-corrected chi connectivity index (χ2v) is 4.26. The molecule has 20 heavy (non-hydrogen) atoms. The highest BCUT2D eigenvalue weighted by molar-refractivity contribution is 5.93. The normalized spacial score (nSPS) is 12.2. The number of rotatable bonds is 4. The molecule has 0 fully saturated rings. The van der Waals surface area contributed by atoms with Crippen molar-refractivity contribution in [2.45, 2.75) is 13.0 Å². The molecular weight excluding hydrogens is 260 g/mol. The Morgan fingerprint density at radius 2 is 2.00 bits per heavy atom. The number of furan rings is 2. The lowest BCUT2D eigenvalue weighted by Gasteiger charge is -2.09. The quantitative estimate of drug-likeness (QED) is 0.789.